The van der Waals surface area contributed by atoms with E-state index in [9.17, 15) is 4.79 Å². The van der Waals surface area contributed by atoms with Gasteiger partial charge in [0.25, 0.3) is 0 Å². The van der Waals surface area contributed by atoms with Crippen LogP contribution in [0.2, 0.25) is 0 Å². The summed E-state index contributed by atoms with van der Waals surface area (Å²) in [4.78, 5) is 10.6. The molecule has 0 fully saturated rings. The first-order valence-corrected chi connectivity index (χ1v) is 4.80. The van der Waals surface area contributed by atoms with Gasteiger partial charge in [-0.2, -0.15) is 0 Å². The summed E-state index contributed by atoms with van der Waals surface area (Å²) < 4.78 is 0. The van der Waals surface area contributed by atoms with Crippen LogP contribution in [-0.2, 0) is 4.79 Å². The van der Waals surface area contributed by atoms with Gasteiger partial charge in [0.05, 0.1) is 6.04 Å². The number of carbonyl (C=O) groups excluding carboxylic acids is 1. The average Bonchev–Trinajstić information content (AvgIpc) is 2.03. The van der Waals surface area contributed by atoms with Crippen molar-refractivity contribution >= 4 is 5.78 Å². The van der Waals surface area contributed by atoms with Crippen LogP contribution in [0.3, 0.4) is 0 Å². The van der Waals surface area contributed by atoms with E-state index in [1.807, 2.05) is 13.8 Å². The monoisotopic (exact) mass is 173 g/mol. The molecule has 2 N–H and O–H groups in total. The van der Waals surface area contributed by atoms with Crippen LogP contribution >= 0.6 is 0 Å². The highest BCUT2D eigenvalue weighted by molar-refractivity contribution is 5.80. The number of Topliss-reactive ketones (excluding diaryl/α,β-unsaturated/α-hetero) is 1. The van der Waals surface area contributed by atoms with E-state index in [0.29, 0.717) is 5.92 Å². The molecule has 0 bridgehead atoms. The second-order valence-corrected chi connectivity index (χ2v) is 3.19. The van der Waals surface area contributed by atoms with Crippen LogP contribution in [0.1, 0.15) is 47.5 Å². The third-order valence-corrected chi connectivity index (χ3v) is 1.58. The molecule has 0 aromatic carbocycles. The first-order chi connectivity index (χ1) is 5.54. The second kappa shape index (κ2) is 8.72. The molecule has 0 heterocycles. The van der Waals surface area contributed by atoms with E-state index in [2.05, 4.69) is 13.8 Å². The van der Waals surface area contributed by atoms with Crippen molar-refractivity contribution in [3.8, 4) is 0 Å². The molecule has 0 aliphatic heterocycles. The zero-order chi connectivity index (χ0) is 10.1. The number of hydrogen-bond acceptors (Lipinski definition) is 2. The summed E-state index contributed by atoms with van der Waals surface area (Å²) >= 11 is 0. The zero-order valence-electron chi connectivity index (χ0n) is 9.05. The van der Waals surface area contributed by atoms with Gasteiger partial charge in [-0.05, 0) is 25.7 Å². The molecule has 2 heteroatoms. The van der Waals surface area contributed by atoms with Crippen molar-refractivity contribution in [3.05, 3.63) is 0 Å². The van der Waals surface area contributed by atoms with Crippen molar-refractivity contribution in [1.82, 2.24) is 0 Å². The molecule has 0 radical (unpaired) electrons. The summed E-state index contributed by atoms with van der Waals surface area (Å²) in [7, 11) is 0. The lowest BCUT2D eigenvalue weighted by Crippen LogP contribution is -2.28. The maximum absolute atomic E-state index is 10.6. The lowest BCUT2D eigenvalue weighted by molar-refractivity contribution is -0.118. The van der Waals surface area contributed by atoms with E-state index >= 15 is 0 Å². The van der Waals surface area contributed by atoms with Crippen LogP contribution in [0.15, 0.2) is 0 Å². The molecule has 0 aliphatic carbocycles. The summed E-state index contributed by atoms with van der Waals surface area (Å²) in [5.74, 6) is 0.742. The van der Waals surface area contributed by atoms with E-state index in [0.717, 1.165) is 12.8 Å². The van der Waals surface area contributed by atoms with Crippen LogP contribution in [-0.4, -0.2) is 11.8 Å². The van der Waals surface area contributed by atoms with Crippen molar-refractivity contribution in [2.75, 3.05) is 0 Å². The maximum atomic E-state index is 10.6. The minimum absolute atomic E-state index is 0.0978. The van der Waals surface area contributed by atoms with E-state index in [1.165, 1.54) is 0 Å². The van der Waals surface area contributed by atoms with E-state index < -0.39 is 0 Å². The van der Waals surface area contributed by atoms with Gasteiger partial charge in [0.1, 0.15) is 5.78 Å². The van der Waals surface area contributed by atoms with Gasteiger partial charge in [0, 0.05) is 0 Å². The zero-order valence-corrected chi connectivity index (χ0v) is 9.05. The van der Waals surface area contributed by atoms with Gasteiger partial charge >= 0.3 is 0 Å². The Kier molecular flexibility index (Phi) is 10.3. The lowest BCUT2D eigenvalue weighted by atomic mass is 10.0. The predicted octanol–water partition coefficient (Wildman–Crippen LogP) is 2.37. The first kappa shape index (κ1) is 14.2. The van der Waals surface area contributed by atoms with Crippen LogP contribution < -0.4 is 5.73 Å². The fourth-order valence-electron chi connectivity index (χ4n) is 0.716. The molecule has 0 rings (SSSR count). The van der Waals surface area contributed by atoms with E-state index in [1.54, 1.807) is 6.92 Å². The Labute approximate surface area is 76.5 Å². The maximum Gasteiger partial charge on any atom is 0.146 e. The predicted molar refractivity (Wildman–Crippen MR) is 54.1 cm³/mol. The molecule has 2 nitrogen and oxygen atoms in total. The molecule has 74 valence electrons. The molecule has 0 aromatic rings. The van der Waals surface area contributed by atoms with Crippen molar-refractivity contribution in [2.45, 2.75) is 53.5 Å². The van der Waals surface area contributed by atoms with E-state index in [4.69, 9.17) is 5.73 Å². The van der Waals surface area contributed by atoms with Gasteiger partial charge in [0.2, 0.25) is 0 Å². The molecule has 0 aromatic heterocycles. The summed E-state index contributed by atoms with van der Waals surface area (Å²) in [5, 5.41) is 0. The molecular formula is C10H23NO. The smallest absolute Gasteiger partial charge is 0.146 e. The summed E-state index contributed by atoms with van der Waals surface area (Å²) in [5.41, 5.74) is 5.52. The Balaban J connectivity index is 0. The van der Waals surface area contributed by atoms with Gasteiger partial charge in [0.15, 0.2) is 0 Å². The molecule has 0 saturated carbocycles. The standard InChI is InChI=1S/C8H17NO.C2H6/c1-6(2)4-5-8(9)7(3)10;1-2/h6,8H,4-5,9H2,1-3H3;1-2H3. The molecule has 0 amide bonds. The van der Waals surface area contributed by atoms with Crippen molar-refractivity contribution in [2.24, 2.45) is 11.7 Å². The normalized spacial score (nSPS) is 11.9. The fourth-order valence-corrected chi connectivity index (χ4v) is 0.716. The minimum atomic E-state index is -0.234. The number of carbonyl (C=O) groups is 1. The van der Waals surface area contributed by atoms with Gasteiger partial charge in [-0.15, -0.1) is 0 Å². The number of hydrogen-bond donors (Lipinski definition) is 1. The van der Waals surface area contributed by atoms with Crippen LogP contribution in [0.4, 0.5) is 0 Å². The number of ketones is 1. The molecule has 1 atom stereocenters. The van der Waals surface area contributed by atoms with Crippen LogP contribution in [0, 0.1) is 5.92 Å². The van der Waals surface area contributed by atoms with Gasteiger partial charge in [-0.1, -0.05) is 27.7 Å². The number of rotatable bonds is 4. The van der Waals surface area contributed by atoms with E-state index in [-0.39, 0.29) is 11.8 Å². The molecule has 0 saturated heterocycles. The summed E-state index contributed by atoms with van der Waals surface area (Å²) in [6.07, 6.45) is 1.87. The SMILES string of the molecule is CC.CC(=O)C(N)CCC(C)C. The summed E-state index contributed by atoms with van der Waals surface area (Å²) in [6.45, 7) is 9.81. The molecule has 0 spiro atoms. The van der Waals surface area contributed by atoms with Crippen LogP contribution in [0.5, 0.6) is 0 Å². The highest BCUT2D eigenvalue weighted by Gasteiger charge is 2.07. The molecule has 12 heavy (non-hydrogen) atoms. The highest BCUT2D eigenvalue weighted by Crippen LogP contribution is 2.05. The fraction of sp³-hybridized carbons (Fsp3) is 0.900. The molecule has 0 aliphatic rings. The first-order valence-electron chi connectivity index (χ1n) is 4.80. The van der Waals surface area contributed by atoms with Gasteiger partial charge in [-0.3, -0.25) is 4.79 Å². The molecule has 1 unspecified atom stereocenters. The van der Waals surface area contributed by atoms with Gasteiger partial charge in [-0.25, -0.2) is 0 Å². The Morgan fingerprint density at radius 2 is 1.67 bits per heavy atom. The molecular weight excluding hydrogens is 150 g/mol. The Hall–Kier alpha value is -0.370. The largest absolute Gasteiger partial charge is 0.322 e. The van der Waals surface area contributed by atoms with Crippen molar-refractivity contribution in [1.29, 1.82) is 0 Å². The minimum Gasteiger partial charge on any atom is -0.322 e. The summed E-state index contributed by atoms with van der Waals surface area (Å²) in [6, 6.07) is -0.234. The third-order valence-electron chi connectivity index (χ3n) is 1.58. The average molecular weight is 173 g/mol. The Morgan fingerprint density at radius 1 is 1.25 bits per heavy atom. The quantitative estimate of drug-likeness (QED) is 0.709. The highest BCUT2D eigenvalue weighted by atomic mass is 16.1. The topological polar surface area (TPSA) is 43.1 Å². The van der Waals surface area contributed by atoms with Crippen molar-refractivity contribution in [3.63, 3.8) is 0 Å². The third kappa shape index (κ3) is 9.63. The van der Waals surface area contributed by atoms with Gasteiger partial charge < -0.3 is 5.73 Å². The van der Waals surface area contributed by atoms with Crippen LogP contribution in [0.25, 0.3) is 0 Å². The Bertz CT molecular complexity index is 110. The van der Waals surface area contributed by atoms with Crippen molar-refractivity contribution < 1.29 is 4.79 Å². The number of nitrogens with two attached hydrogens (primary N) is 1. The lowest BCUT2D eigenvalue weighted by Gasteiger charge is -2.08. The Morgan fingerprint density at radius 3 is 1.92 bits per heavy atom. The second-order valence-electron chi connectivity index (χ2n) is 3.19.